The fraction of sp³-hybridized carbons (Fsp3) is 0. The smallest absolute Gasteiger partial charge is 0.349 e. The zero-order valence-corrected chi connectivity index (χ0v) is 9.74. The van der Waals surface area contributed by atoms with Gasteiger partial charge in [0.25, 0.3) is 0 Å². The maximum Gasteiger partial charge on any atom is 0.349 e. The molecule has 0 unspecified atom stereocenters. The summed E-state index contributed by atoms with van der Waals surface area (Å²) in [5.74, 6) is -1.78. The van der Waals surface area contributed by atoms with Crippen LogP contribution in [-0.2, 0) is 4.74 Å². The molecule has 2 aromatic heterocycles. The lowest BCUT2D eigenvalue weighted by atomic mass is 10.2. The van der Waals surface area contributed by atoms with E-state index in [2.05, 4.69) is 14.7 Å². The van der Waals surface area contributed by atoms with E-state index in [0.29, 0.717) is 0 Å². The fourth-order valence-corrected chi connectivity index (χ4v) is 1.35. The van der Waals surface area contributed by atoms with Crippen molar-refractivity contribution in [2.24, 2.45) is 0 Å². The van der Waals surface area contributed by atoms with Crippen molar-refractivity contribution in [2.75, 3.05) is 11.5 Å². The Labute approximate surface area is 108 Å². The van der Waals surface area contributed by atoms with Crippen LogP contribution in [0.5, 0.6) is 0 Å². The van der Waals surface area contributed by atoms with Gasteiger partial charge in [-0.05, 0) is 12.1 Å². The van der Waals surface area contributed by atoms with Gasteiger partial charge in [-0.1, -0.05) is 0 Å². The number of carbonyl (C=O) groups is 2. The highest BCUT2D eigenvalue weighted by Crippen LogP contribution is 2.14. The van der Waals surface area contributed by atoms with E-state index >= 15 is 0 Å². The van der Waals surface area contributed by atoms with Crippen molar-refractivity contribution in [3.05, 3.63) is 48.0 Å². The summed E-state index contributed by atoms with van der Waals surface area (Å²) in [6, 6.07) is 2.86. The molecule has 0 spiro atoms. The molecule has 96 valence electrons. The van der Waals surface area contributed by atoms with Crippen molar-refractivity contribution >= 4 is 23.3 Å². The maximum absolute atomic E-state index is 11.7. The van der Waals surface area contributed by atoms with Crippen LogP contribution in [-0.4, -0.2) is 21.9 Å². The Bertz CT molecular complexity index is 587. The van der Waals surface area contributed by atoms with E-state index in [9.17, 15) is 9.59 Å². The Morgan fingerprint density at radius 1 is 0.895 bits per heavy atom. The second kappa shape index (κ2) is 5.13. The number of anilines is 2. The van der Waals surface area contributed by atoms with Gasteiger partial charge in [-0.2, -0.15) is 0 Å². The molecule has 0 amide bonds. The highest BCUT2D eigenvalue weighted by molar-refractivity contribution is 6.06. The molecule has 0 aliphatic rings. The number of nitrogen functional groups attached to an aromatic ring is 2. The lowest BCUT2D eigenvalue weighted by Crippen LogP contribution is -2.16. The molecule has 7 nitrogen and oxygen atoms in total. The van der Waals surface area contributed by atoms with Crippen LogP contribution in [0.3, 0.4) is 0 Å². The van der Waals surface area contributed by atoms with Crippen LogP contribution in [0.25, 0.3) is 0 Å². The molecule has 7 heteroatoms. The minimum Gasteiger partial charge on any atom is -0.398 e. The van der Waals surface area contributed by atoms with E-state index < -0.39 is 11.9 Å². The number of pyridine rings is 2. The first-order valence-electron chi connectivity index (χ1n) is 5.25. The number of hydrogen-bond donors (Lipinski definition) is 2. The fourth-order valence-electron chi connectivity index (χ4n) is 1.35. The Hall–Kier alpha value is -2.96. The highest BCUT2D eigenvalue weighted by atomic mass is 16.6. The van der Waals surface area contributed by atoms with Gasteiger partial charge in [0.2, 0.25) is 0 Å². The number of rotatable bonds is 2. The molecule has 0 saturated heterocycles. The molecular weight excluding hydrogens is 248 g/mol. The summed E-state index contributed by atoms with van der Waals surface area (Å²) >= 11 is 0. The van der Waals surface area contributed by atoms with Crippen LogP contribution in [0.4, 0.5) is 11.4 Å². The summed E-state index contributed by atoms with van der Waals surface area (Å²) in [5.41, 5.74) is 11.5. The molecule has 0 radical (unpaired) electrons. The SMILES string of the molecule is Nc1ccncc1C(=O)OC(=O)c1cnccc1N. The van der Waals surface area contributed by atoms with Gasteiger partial charge in [0.1, 0.15) is 11.1 Å². The van der Waals surface area contributed by atoms with Gasteiger partial charge in [-0.25, -0.2) is 9.59 Å². The van der Waals surface area contributed by atoms with Crippen molar-refractivity contribution in [3.8, 4) is 0 Å². The number of carbonyl (C=O) groups excluding carboxylic acids is 2. The van der Waals surface area contributed by atoms with E-state index in [0.717, 1.165) is 0 Å². The second-order valence-corrected chi connectivity index (χ2v) is 3.60. The predicted octanol–water partition coefficient (Wildman–Crippen LogP) is 0.638. The van der Waals surface area contributed by atoms with E-state index in [1.807, 2.05) is 0 Å². The van der Waals surface area contributed by atoms with Crippen LogP contribution in [0, 0.1) is 0 Å². The number of aromatic nitrogens is 2. The van der Waals surface area contributed by atoms with Gasteiger partial charge in [0.05, 0.1) is 0 Å². The second-order valence-electron chi connectivity index (χ2n) is 3.60. The van der Waals surface area contributed by atoms with Crippen LogP contribution in [0.1, 0.15) is 20.7 Å². The molecule has 0 aliphatic carbocycles. The minimum absolute atomic E-state index is 0.0123. The predicted molar refractivity (Wildman–Crippen MR) is 67.0 cm³/mol. The molecule has 19 heavy (non-hydrogen) atoms. The molecule has 0 bridgehead atoms. The summed E-state index contributed by atoms with van der Waals surface area (Å²) in [5, 5.41) is 0. The Morgan fingerprint density at radius 2 is 1.32 bits per heavy atom. The van der Waals surface area contributed by atoms with Crippen LogP contribution >= 0.6 is 0 Å². The van der Waals surface area contributed by atoms with Crippen molar-refractivity contribution < 1.29 is 14.3 Å². The van der Waals surface area contributed by atoms with Gasteiger partial charge < -0.3 is 16.2 Å². The molecule has 0 fully saturated rings. The molecule has 0 aromatic carbocycles. The topological polar surface area (TPSA) is 121 Å². The lowest BCUT2D eigenvalue weighted by molar-refractivity contribution is 0.0399. The average Bonchev–Trinajstić information content (AvgIpc) is 2.39. The summed E-state index contributed by atoms with van der Waals surface area (Å²) in [7, 11) is 0. The molecule has 0 saturated carbocycles. The molecule has 2 rings (SSSR count). The van der Waals surface area contributed by atoms with Crippen LogP contribution in [0.15, 0.2) is 36.9 Å². The van der Waals surface area contributed by atoms with Crippen molar-refractivity contribution in [1.29, 1.82) is 0 Å². The summed E-state index contributed by atoms with van der Waals surface area (Å²) in [4.78, 5) is 30.9. The zero-order valence-electron chi connectivity index (χ0n) is 9.74. The van der Waals surface area contributed by atoms with E-state index in [-0.39, 0.29) is 22.5 Å². The molecule has 4 N–H and O–H groups in total. The van der Waals surface area contributed by atoms with E-state index in [1.54, 1.807) is 0 Å². The normalized spacial score (nSPS) is 9.89. The Balaban J connectivity index is 2.19. The van der Waals surface area contributed by atoms with E-state index in [1.165, 1.54) is 36.9 Å². The average molecular weight is 258 g/mol. The lowest BCUT2D eigenvalue weighted by Gasteiger charge is -2.06. The number of hydrogen-bond acceptors (Lipinski definition) is 7. The third-order valence-electron chi connectivity index (χ3n) is 2.33. The standard InChI is InChI=1S/C12H10N4O3/c13-9-1-3-15-5-7(9)11(17)19-12(18)8-6-16-4-2-10(8)14/h1-6H,(H2,13,15)(H2,14,16). The van der Waals surface area contributed by atoms with Crippen LogP contribution in [0.2, 0.25) is 0 Å². The third-order valence-corrected chi connectivity index (χ3v) is 2.33. The highest BCUT2D eigenvalue weighted by Gasteiger charge is 2.19. The largest absolute Gasteiger partial charge is 0.398 e. The number of esters is 2. The van der Waals surface area contributed by atoms with Gasteiger partial charge in [-0.3, -0.25) is 9.97 Å². The molecule has 0 atom stereocenters. The minimum atomic E-state index is -0.890. The van der Waals surface area contributed by atoms with Crippen molar-refractivity contribution in [2.45, 2.75) is 0 Å². The van der Waals surface area contributed by atoms with Gasteiger partial charge >= 0.3 is 11.9 Å². The van der Waals surface area contributed by atoms with Gasteiger partial charge in [0, 0.05) is 36.2 Å². The number of nitrogens with zero attached hydrogens (tertiary/aromatic N) is 2. The molecule has 0 aliphatic heterocycles. The number of nitrogens with two attached hydrogens (primary N) is 2. The quantitative estimate of drug-likeness (QED) is 0.598. The monoisotopic (exact) mass is 258 g/mol. The molecule has 2 aromatic rings. The van der Waals surface area contributed by atoms with Gasteiger partial charge in [0.15, 0.2) is 0 Å². The van der Waals surface area contributed by atoms with Gasteiger partial charge in [-0.15, -0.1) is 0 Å². The molecule has 2 heterocycles. The first kappa shape index (κ1) is 12.5. The number of ether oxygens (including phenoxy) is 1. The first-order valence-corrected chi connectivity index (χ1v) is 5.25. The summed E-state index contributed by atoms with van der Waals surface area (Å²) in [6.45, 7) is 0. The van der Waals surface area contributed by atoms with Crippen molar-refractivity contribution in [1.82, 2.24) is 9.97 Å². The first-order chi connectivity index (χ1) is 9.09. The van der Waals surface area contributed by atoms with Crippen LogP contribution < -0.4 is 11.5 Å². The zero-order chi connectivity index (χ0) is 13.8. The summed E-state index contributed by atoms with van der Waals surface area (Å²) < 4.78 is 4.67. The molecular formula is C12H10N4O3. The maximum atomic E-state index is 11.7. The third kappa shape index (κ3) is 2.65. The Morgan fingerprint density at radius 3 is 1.68 bits per heavy atom. The Kier molecular flexibility index (Phi) is 3.37. The summed E-state index contributed by atoms with van der Waals surface area (Å²) in [6.07, 6.45) is 5.29. The van der Waals surface area contributed by atoms with E-state index in [4.69, 9.17) is 11.5 Å². The van der Waals surface area contributed by atoms with Crippen molar-refractivity contribution in [3.63, 3.8) is 0 Å².